The molecule has 2 aromatic heterocycles. The van der Waals surface area contributed by atoms with Crippen LogP contribution in [0.15, 0.2) is 24.4 Å². The van der Waals surface area contributed by atoms with Gasteiger partial charge in [-0.15, -0.1) is 10.2 Å². The van der Waals surface area contributed by atoms with E-state index in [1.165, 1.54) is 32.1 Å². The highest BCUT2D eigenvalue weighted by molar-refractivity contribution is 5.36. The van der Waals surface area contributed by atoms with E-state index in [1.807, 2.05) is 12.1 Å². The molecule has 3 fully saturated rings. The Hall–Kier alpha value is -1.42. The Morgan fingerprint density at radius 1 is 1.10 bits per heavy atom. The number of nitrogens with zero attached hydrogens (tertiary/aromatic N) is 3. The molecule has 0 aromatic carbocycles. The molecule has 0 radical (unpaired) electrons. The van der Waals surface area contributed by atoms with Gasteiger partial charge in [-0.3, -0.25) is 4.40 Å². The zero-order chi connectivity index (χ0) is 13.8. The molecule has 21 heavy (non-hydrogen) atoms. The molecule has 3 aliphatic carbocycles. The van der Waals surface area contributed by atoms with Gasteiger partial charge in [-0.05, 0) is 49.1 Å². The van der Waals surface area contributed by atoms with Crippen LogP contribution < -0.4 is 5.32 Å². The minimum Gasteiger partial charge on any atom is -0.337 e. The van der Waals surface area contributed by atoms with Crippen LogP contribution in [0.4, 0.5) is 0 Å². The Morgan fingerprint density at radius 3 is 3.05 bits per heavy atom. The van der Waals surface area contributed by atoms with Crippen LogP contribution in [0.5, 0.6) is 0 Å². The van der Waals surface area contributed by atoms with Gasteiger partial charge >= 0.3 is 0 Å². The number of hydrogen-bond donors (Lipinski definition) is 1. The van der Waals surface area contributed by atoms with Crippen molar-refractivity contribution in [2.75, 3.05) is 0 Å². The lowest BCUT2D eigenvalue weighted by Crippen LogP contribution is -2.90. The van der Waals surface area contributed by atoms with E-state index in [-0.39, 0.29) is 0 Å². The third kappa shape index (κ3) is 1.78. The number of pyridine rings is 1. The van der Waals surface area contributed by atoms with Gasteiger partial charge in [-0.25, -0.2) is 0 Å². The summed E-state index contributed by atoms with van der Waals surface area (Å²) in [6.07, 6.45) is 9.55. The minimum atomic E-state index is 0.838. The van der Waals surface area contributed by atoms with Gasteiger partial charge in [0.05, 0.1) is 6.04 Å². The van der Waals surface area contributed by atoms with Gasteiger partial charge in [0.15, 0.2) is 11.5 Å². The van der Waals surface area contributed by atoms with Gasteiger partial charge in [0, 0.05) is 18.5 Å². The Kier molecular flexibility index (Phi) is 2.63. The van der Waals surface area contributed by atoms with Gasteiger partial charge in [0.25, 0.3) is 0 Å². The maximum absolute atomic E-state index is 4.37. The summed E-state index contributed by atoms with van der Waals surface area (Å²) in [6.45, 7) is 0.969. The monoisotopic (exact) mass is 283 g/mol. The fraction of sp³-hybridized carbons (Fsp3) is 0.647. The van der Waals surface area contributed by atoms with Gasteiger partial charge in [-0.2, -0.15) is 0 Å². The number of hydrogen-bond acceptors (Lipinski definition) is 2. The second kappa shape index (κ2) is 4.54. The van der Waals surface area contributed by atoms with Crippen molar-refractivity contribution in [2.24, 2.45) is 23.7 Å². The molecule has 2 aromatic rings. The third-order valence-electron chi connectivity index (χ3n) is 6.47. The number of aromatic nitrogens is 3. The molecule has 0 aliphatic heterocycles. The van der Waals surface area contributed by atoms with E-state index in [9.17, 15) is 0 Å². The zero-order valence-electron chi connectivity index (χ0n) is 12.4. The summed E-state index contributed by atoms with van der Waals surface area (Å²) in [4.78, 5) is 0. The second-order valence-electron chi connectivity index (χ2n) is 7.30. The molecule has 0 spiro atoms. The predicted molar refractivity (Wildman–Crippen MR) is 79.4 cm³/mol. The fourth-order valence-corrected chi connectivity index (χ4v) is 5.68. The van der Waals surface area contributed by atoms with Crippen molar-refractivity contribution in [3.8, 4) is 0 Å². The van der Waals surface area contributed by atoms with Crippen LogP contribution in [-0.4, -0.2) is 20.6 Å². The molecule has 3 aliphatic rings. The normalized spacial score (nSPS) is 37.4. The van der Waals surface area contributed by atoms with Crippen LogP contribution in [0, 0.1) is 23.7 Å². The molecule has 4 heteroatoms. The topological polar surface area (TPSA) is 46.8 Å². The summed E-state index contributed by atoms with van der Waals surface area (Å²) >= 11 is 0. The van der Waals surface area contributed by atoms with Gasteiger partial charge in [-0.1, -0.05) is 12.5 Å². The molecule has 0 amide bonds. The molecule has 5 rings (SSSR count). The van der Waals surface area contributed by atoms with E-state index in [4.69, 9.17) is 0 Å². The van der Waals surface area contributed by atoms with E-state index in [0.29, 0.717) is 0 Å². The van der Waals surface area contributed by atoms with E-state index in [1.54, 1.807) is 0 Å². The molecule has 2 N–H and O–H groups in total. The van der Waals surface area contributed by atoms with Crippen molar-refractivity contribution in [2.45, 2.75) is 44.7 Å². The van der Waals surface area contributed by atoms with Crippen LogP contribution in [-0.2, 0) is 6.54 Å². The molecule has 3 saturated carbocycles. The first-order valence-corrected chi connectivity index (χ1v) is 8.52. The highest BCUT2D eigenvalue weighted by Crippen LogP contribution is 2.57. The van der Waals surface area contributed by atoms with Crippen LogP contribution in [0.25, 0.3) is 5.65 Å². The van der Waals surface area contributed by atoms with Gasteiger partial charge < -0.3 is 5.32 Å². The second-order valence-corrected chi connectivity index (χ2v) is 7.30. The molecule has 5 atom stereocenters. The molecular weight excluding hydrogens is 260 g/mol. The molecule has 0 unspecified atom stereocenters. The summed E-state index contributed by atoms with van der Waals surface area (Å²) in [7, 11) is 0. The predicted octanol–water partition coefficient (Wildman–Crippen LogP) is 1.62. The van der Waals surface area contributed by atoms with Gasteiger partial charge in [0.1, 0.15) is 6.54 Å². The largest absolute Gasteiger partial charge is 0.337 e. The van der Waals surface area contributed by atoms with E-state index in [0.717, 1.165) is 47.7 Å². The quantitative estimate of drug-likeness (QED) is 0.930. The fourth-order valence-electron chi connectivity index (χ4n) is 5.68. The number of rotatable bonds is 3. The molecule has 0 saturated heterocycles. The zero-order valence-corrected chi connectivity index (χ0v) is 12.4. The summed E-state index contributed by atoms with van der Waals surface area (Å²) in [5.41, 5.74) is 0.963. The average Bonchev–Trinajstić information content (AvgIpc) is 3.25. The molecule has 110 valence electrons. The Balaban J connectivity index is 1.31. The Morgan fingerprint density at radius 2 is 2.05 bits per heavy atom. The SMILES string of the molecule is c1ccn2c(C[NH2+][C@@H]3C[C@H]4C[C@H]3[C@H]3CCC[C@H]43)nnc2c1. The molecular formula is C17H23N4+. The molecule has 2 heterocycles. The highest BCUT2D eigenvalue weighted by atomic mass is 15.3. The summed E-state index contributed by atoms with van der Waals surface area (Å²) in [5, 5.41) is 11.2. The lowest BCUT2D eigenvalue weighted by atomic mass is 9.79. The summed E-state index contributed by atoms with van der Waals surface area (Å²) in [6, 6.07) is 6.94. The van der Waals surface area contributed by atoms with Crippen LogP contribution in [0.2, 0.25) is 0 Å². The standard InChI is InChI=1S/C17H22N4/c1-2-7-21-16(6-1)19-20-17(21)10-18-15-9-11-8-14(15)13-5-3-4-12(11)13/h1-2,6-7,11-15,18H,3-5,8-10H2/p+1/t11-,12-,13+,14+,15-/m1/s1. The lowest BCUT2D eigenvalue weighted by Gasteiger charge is -2.29. The minimum absolute atomic E-state index is 0.838. The first-order chi connectivity index (χ1) is 10.4. The van der Waals surface area contributed by atoms with E-state index < -0.39 is 0 Å². The van der Waals surface area contributed by atoms with Gasteiger partial charge in [0.2, 0.25) is 0 Å². The summed E-state index contributed by atoms with van der Waals surface area (Å²) < 4.78 is 2.13. The van der Waals surface area contributed by atoms with Crippen LogP contribution >= 0.6 is 0 Å². The maximum Gasteiger partial charge on any atom is 0.192 e. The third-order valence-corrected chi connectivity index (χ3v) is 6.47. The summed E-state index contributed by atoms with van der Waals surface area (Å²) in [5.74, 6) is 5.27. The number of quaternary nitrogens is 1. The first-order valence-electron chi connectivity index (χ1n) is 8.52. The molecule has 4 nitrogen and oxygen atoms in total. The lowest BCUT2D eigenvalue weighted by molar-refractivity contribution is -0.712. The average molecular weight is 283 g/mol. The smallest absolute Gasteiger partial charge is 0.192 e. The highest BCUT2D eigenvalue weighted by Gasteiger charge is 2.55. The van der Waals surface area contributed by atoms with Crippen LogP contribution in [0.1, 0.15) is 37.9 Å². The van der Waals surface area contributed by atoms with Crippen molar-refractivity contribution in [1.82, 2.24) is 14.6 Å². The van der Waals surface area contributed by atoms with Crippen LogP contribution in [0.3, 0.4) is 0 Å². The van der Waals surface area contributed by atoms with E-state index in [2.05, 4.69) is 32.2 Å². The first kappa shape index (κ1) is 12.2. The van der Waals surface area contributed by atoms with Crippen molar-refractivity contribution in [1.29, 1.82) is 0 Å². The Labute approximate surface area is 125 Å². The van der Waals surface area contributed by atoms with Crippen molar-refractivity contribution < 1.29 is 5.32 Å². The van der Waals surface area contributed by atoms with Crippen molar-refractivity contribution in [3.05, 3.63) is 30.2 Å². The number of fused-ring (bicyclic) bond motifs is 6. The number of nitrogens with two attached hydrogens (primary N) is 1. The van der Waals surface area contributed by atoms with E-state index >= 15 is 0 Å². The maximum atomic E-state index is 4.37. The van der Waals surface area contributed by atoms with Crippen molar-refractivity contribution in [3.63, 3.8) is 0 Å². The Bertz CT molecular complexity index is 664. The van der Waals surface area contributed by atoms with Crippen molar-refractivity contribution >= 4 is 5.65 Å². The molecule has 2 bridgehead atoms.